The van der Waals surface area contributed by atoms with E-state index in [-0.39, 0.29) is 31.5 Å². The minimum atomic E-state index is -0.770. The molecular formula is C30H28ClN3O3. The molecule has 0 radical (unpaired) electrons. The average Bonchev–Trinajstić information content (AvgIpc) is 2.95. The summed E-state index contributed by atoms with van der Waals surface area (Å²) in [6.07, 6.45) is 2.03. The highest BCUT2D eigenvalue weighted by Crippen LogP contribution is 2.18. The normalized spacial score (nSPS) is 11.4. The van der Waals surface area contributed by atoms with Crippen molar-refractivity contribution in [2.24, 2.45) is 0 Å². The number of pyridine rings is 1. The van der Waals surface area contributed by atoms with Crippen molar-refractivity contribution in [2.75, 3.05) is 6.61 Å². The first-order valence-electron chi connectivity index (χ1n) is 12.0. The molecule has 4 aromatic rings. The van der Waals surface area contributed by atoms with E-state index >= 15 is 0 Å². The van der Waals surface area contributed by atoms with Crippen molar-refractivity contribution in [1.29, 1.82) is 0 Å². The van der Waals surface area contributed by atoms with Gasteiger partial charge >= 0.3 is 0 Å². The van der Waals surface area contributed by atoms with Crippen LogP contribution in [0.25, 0.3) is 0 Å². The number of aromatic nitrogens is 1. The van der Waals surface area contributed by atoms with Gasteiger partial charge in [-0.25, -0.2) is 0 Å². The van der Waals surface area contributed by atoms with E-state index in [9.17, 15) is 9.59 Å². The molecule has 4 rings (SSSR count). The zero-order chi connectivity index (χ0) is 25.9. The Hall–Kier alpha value is -4.16. The third-order valence-corrected chi connectivity index (χ3v) is 6.06. The highest BCUT2D eigenvalue weighted by Gasteiger charge is 2.30. The Labute approximate surface area is 221 Å². The number of para-hydroxylation sites is 1. The number of hydrogen-bond donors (Lipinski definition) is 1. The van der Waals surface area contributed by atoms with Crippen molar-refractivity contribution >= 4 is 23.4 Å². The van der Waals surface area contributed by atoms with Gasteiger partial charge in [-0.1, -0.05) is 78.3 Å². The van der Waals surface area contributed by atoms with E-state index < -0.39 is 6.04 Å². The van der Waals surface area contributed by atoms with Gasteiger partial charge in [-0.05, 0) is 47.5 Å². The van der Waals surface area contributed by atoms with Crippen LogP contribution in [0.4, 0.5) is 0 Å². The third-order valence-electron chi connectivity index (χ3n) is 5.81. The number of hydrogen-bond acceptors (Lipinski definition) is 4. The first kappa shape index (κ1) is 25.9. The summed E-state index contributed by atoms with van der Waals surface area (Å²) in [5.74, 6) is 0.0192. The quantitative estimate of drug-likeness (QED) is 0.304. The summed E-state index contributed by atoms with van der Waals surface area (Å²) >= 11 is 6.08. The van der Waals surface area contributed by atoms with Gasteiger partial charge in [0.15, 0.2) is 6.61 Å². The maximum atomic E-state index is 13.6. The standard InChI is InChI=1S/C30H28ClN3O3/c31-25-16-14-24(15-17-25)21-34(29(35)22-37-27-12-5-2-6-13-27)28(19-23-9-3-1-4-10-23)30(36)33-20-26-11-7-8-18-32-26/h1-18,28H,19-22H2,(H,33,36)/t28-/m1/s1. The summed E-state index contributed by atoms with van der Waals surface area (Å²) in [6.45, 7) is 0.285. The van der Waals surface area contributed by atoms with Crippen molar-refractivity contribution in [3.05, 3.63) is 131 Å². The molecule has 0 aliphatic carbocycles. The van der Waals surface area contributed by atoms with Crippen LogP contribution in [0.1, 0.15) is 16.8 Å². The molecule has 1 N–H and O–H groups in total. The summed E-state index contributed by atoms with van der Waals surface area (Å²) in [5, 5.41) is 3.57. The van der Waals surface area contributed by atoms with E-state index in [4.69, 9.17) is 16.3 Å². The number of benzene rings is 3. The molecule has 0 spiro atoms. The Bertz CT molecular complexity index is 1270. The van der Waals surface area contributed by atoms with Crippen molar-refractivity contribution < 1.29 is 14.3 Å². The molecule has 0 aliphatic rings. The van der Waals surface area contributed by atoms with Crippen LogP contribution in [0, 0.1) is 0 Å². The zero-order valence-corrected chi connectivity index (χ0v) is 21.1. The van der Waals surface area contributed by atoms with E-state index in [0.29, 0.717) is 17.2 Å². The fourth-order valence-corrected chi connectivity index (χ4v) is 4.01. The summed E-state index contributed by atoms with van der Waals surface area (Å²) in [5.41, 5.74) is 2.53. The Morgan fingerprint density at radius 3 is 2.19 bits per heavy atom. The molecule has 6 nitrogen and oxygen atoms in total. The molecule has 0 aliphatic heterocycles. The second-order valence-electron chi connectivity index (χ2n) is 8.49. The molecule has 0 fully saturated rings. The van der Waals surface area contributed by atoms with Crippen LogP contribution in [-0.4, -0.2) is 34.3 Å². The van der Waals surface area contributed by atoms with Crippen LogP contribution in [0.3, 0.4) is 0 Å². The lowest BCUT2D eigenvalue weighted by Crippen LogP contribution is -2.51. The molecule has 0 saturated carbocycles. The van der Waals surface area contributed by atoms with Gasteiger partial charge in [0.25, 0.3) is 5.91 Å². The van der Waals surface area contributed by atoms with E-state index in [2.05, 4.69) is 10.3 Å². The summed E-state index contributed by atoms with van der Waals surface area (Å²) < 4.78 is 5.76. The first-order chi connectivity index (χ1) is 18.1. The summed E-state index contributed by atoms with van der Waals surface area (Å²) in [7, 11) is 0. The van der Waals surface area contributed by atoms with Crippen molar-refractivity contribution in [2.45, 2.75) is 25.6 Å². The number of halogens is 1. The number of nitrogens with zero attached hydrogens (tertiary/aromatic N) is 2. The number of carbonyl (C=O) groups excluding carboxylic acids is 2. The molecule has 3 aromatic carbocycles. The van der Waals surface area contributed by atoms with Gasteiger partial charge in [0.05, 0.1) is 12.2 Å². The Balaban J connectivity index is 1.60. The largest absolute Gasteiger partial charge is 0.484 e. The number of nitrogens with one attached hydrogen (secondary N) is 1. The Morgan fingerprint density at radius 2 is 1.51 bits per heavy atom. The van der Waals surface area contributed by atoms with Crippen LogP contribution in [0.15, 0.2) is 109 Å². The zero-order valence-electron chi connectivity index (χ0n) is 20.3. The summed E-state index contributed by atoms with van der Waals surface area (Å²) in [6, 6.07) is 30.8. The molecule has 188 valence electrons. The fraction of sp³-hybridized carbons (Fsp3) is 0.167. The second-order valence-corrected chi connectivity index (χ2v) is 8.93. The van der Waals surface area contributed by atoms with Gasteiger partial charge in [0.1, 0.15) is 11.8 Å². The van der Waals surface area contributed by atoms with E-state index in [0.717, 1.165) is 16.8 Å². The molecule has 0 saturated heterocycles. The lowest BCUT2D eigenvalue weighted by molar-refractivity contribution is -0.142. The van der Waals surface area contributed by atoms with E-state index in [1.165, 1.54) is 0 Å². The third kappa shape index (κ3) is 7.92. The molecule has 1 atom stereocenters. The monoisotopic (exact) mass is 513 g/mol. The van der Waals surface area contributed by atoms with Gasteiger partial charge in [-0.15, -0.1) is 0 Å². The fourth-order valence-electron chi connectivity index (χ4n) is 3.88. The molecule has 1 heterocycles. The van der Waals surface area contributed by atoms with Gasteiger partial charge in [-0.2, -0.15) is 0 Å². The van der Waals surface area contributed by atoms with Crippen molar-refractivity contribution in [3.8, 4) is 5.75 Å². The highest BCUT2D eigenvalue weighted by molar-refractivity contribution is 6.30. The maximum Gasteiger partial charge on any atom is 0.261 e. The number of rotatable bonds is 11. The lowest BCUT2D eigenvalue weighted by atomic mass is 10.0. The van der Waals surface area contributed by atoms with Crippen molar-refractivity contribution in [1.82, 2.24) is 15.2 Å². The molecule has 0 bridgehead atoms. The number of carbonyl (C=O) groups is 2. The van der Waals surface area contributed by atoms with Crippen LogP contribution in [0.2, 0.25) is 5.02 Å². The molecule has 0 unspecified atom stereocenters. The molecular weight excluding hydrogens is 486 g/mol. The minimum absolute atomic E-state index is 0.198. The van der Waals surface area contributed by atoms with Crippen LogP contribution in [-0.2, 0) is 29.1 Å². The first-order valence-corrected chi connectivity index (χ1v) is 12.4. The Kier molecular flexibility index (Phi) is 9.27. The predicted molar refractivity (Wildman–Crippen MR) is 144 cm³/mol. The van der Waals surface area contributed by atoms with Gasteiger partial charge in [0.2, 0.25) is 5.91 Å². The minimum Gasteiger partial charge on any atom is -0.484 e. The average molecular weight is 514 g/mol. The Morgan fingerprint density at radius 1 is 0.838 bits per heavy atom. The van der Waals surface area contributed by atoms with Crippen LogP contribution < -0.4 is 10.1 Å². The molecule has 37 heavy (non-hydrogen) atoms. The van der Waals surface area contributed by atoms with Gasteiger partial charge in [0, 0.05) is 24.2 Å². The molecule has 2 amide bonds. The number of ether oxygens (including phenoxy) is 1. The van der Waals surface area contributed by atoms with E-state index in [1.807, 2.05) is 78.9 Å². The predicted octanol–water partition coefficient (Wildman–Crippen LogP) is 5.07. The van der Waals surface area contributed by atoms with Crippen LogP contribution in [0.5, 0.6) is 5.75 Å². The molecule has 1 aromatic heterocycles. The SMILES string of the molecule is O=C(NCc1ccccn1)[C@@H](Cc1ccccc1)N(Cc1ccc(Cl)cc1)C(=O)COc1ccccc1. The smallest absolute Gasteiger partial charge is 0.261 e. The highest BCUT2D eigenvalue weighted by atomic mass is 35.5. The maximum absolute atomic E-state index is 13.6. The lowest BCUT2D eigenvalue weighted by Gasteiger charge is -2.31. The van der Waals surface area contributed by atoms with E-state index in [1.54, 1.807) is 35.4 Å². The molecule has 7 heteroatoms. The topological polar surface area (TPSA) is 71.5 Å². The van der Waals surface area contributed by atoms with Gasteiger partial charge in [-0.3, -0.25) is 14.6 Å². The second kappa shape index (κ2) is 13.2. The summed E-state index contributed by atoms with van der Waals surface area (Å²) in [4.78, 5) is 33.0. The van der Waals surface area contributed by atoms with Gasteiger partial charge < -0.3 is 15.0 Å². The van der Waals surface area contributed by atoms with Crippen molar-refractivity contribution in [3.63, 3.8) is 0 Å². The van der Waals surface area contributed by atoms with Crippen LogP contribution >= 0.6 is 11.6 Å². The number of amides is 2.